The number of carbonyl (C=O) groups excluding carboxylic acids is 2. The molecule has 0 radical (unpaired) electrons. The van der Waals surface area contributed by atoms with Crippen LogP contribution in [-0.2, 0) is 4.74 Å². The SMILES string of the molecule is COC(=O)c1ccsc1NC(=O)c1cc(-c2ccccc2)on1. The van der Waals surface area contributed by atoms with Crippen molar-refractivity contribution in [3.05, 3.63) is 59.1 Å². The quantitative estimate of drug-likeness (QED) is 0.742. The maximum absolute atomic E-state index is 12.2. The standard InChI is InChI=1S/C16H12N2O4S/c1-21-16(20)11-7-8-23-15(11)17-14(19)12-9-13(22-18-12)10-5-3-2-4-6-10/h2-9H,1H3,(H,17,19). The molecule has 6 nitrogen and oxygen atoms in total. The predicted octanol–water partition coefficient (Wildman–Crippen LogP) is 3.44. The number of esters is 1. The van der Waals surface area contributed by atoms with Crippen molar-refractivity contribution in [2.75, 3.05) is 12.4 Å². The van der Waals surface area contributed by atoms with Crippen LogP contribution in [0, 0.1) is 0 Å². The van der Waals surface area contributed by atoms with Crippen molar-refractivity contribution in [2.45, 2.75) is 0 Å². The van der Waals surface area contributed by atoms with Gasteiger partial charge in [-0.15, -0.1) is 11.3 Å². The fraction of sp³-hybridized carbons (Fsp3) is 0.0625. The minimum absolute atomic E-state index is 0.132. The smallest absolute Gasteiger partial charge is 0.340 e. The van der Waals surface area contributed by atoms with Gasteiger partial charge >= 0.3 is 5.97 Å². The maximum atomic E-state index is 12.2. The molecule has 3 rings (SSSR count). The molecule has 0 atom stereocenters. The summed E-state index contributed by atoms with van der Waals surface area (Å²) < 4.78 is 9.86. The Morgan fingerprint density at radius 3 is 2.74 bits per heavy atom. The normalized spacial score (nSPS) is 10.3. The van der Waals surface area contributed by atoms with E-state index in [2.05, 4.69) is 15.2 Å². The molecule has 0 aliphatic heterocycles. The number of amides is 1. The van der Waals surface area contributed by atoms with E-state index in [9.17, 15) is 9.59 Å². The number of thiophene rings is 1. The summed E-state index contributed by atoms with van der Waals surface area (Å²) in [6, 6.07) is 12.5. The highest BCUT2D eigenvalue weighted by Gasteiger charge is 2.19. The topological polar surface area (TPSA) is 81.4 Å². The van der Waals surface area contributed by atoms with Gasteiger partial charge in [0.25, 0.3) is 5.91 Å². The van der Waals surface area contributed by atoms with E-state index < -0.39 is 11.9 Å². The molecule has 2 heterocycles. The number of hydrogen-bond donors (Lipinski definition) is 1. The lowest BCUT2D eigenvalue weighted by molar-refractivity contribution is 0.0602. The van der Waals surface area contributed by atoms with Crippen LogP contribution in [-0.4, -0.2) is 24.1 Å². The molecular weight excluding hydrogens is 316 g/mol. The predicted molar refractivity (Wildman–Crippen MR) is 85.6 cm³/mol. The first-order valence-corrected chi connectivity index (χ1v) is 7.56. The maximum Gasteiger partial charge on any atom is 0.340 e. The van der Waals surface area contributed by atoms with Crippen LogP contribution < -0.4 is 5.32 Å². The lowest BCUT2D eigenvalue weighted by Crippen LogP contribution is -2.14. The molecule has 3 aromatic rings. The Balaban J connectivity index is 1.79. The Morgan fingerprint density at radius 1 is 1.22 bits per heavy atom. The van der Waals surface area contributed by atoms with Gasteiger partial charge in [0.2, 0.25) is 0 Å². The van der Waals surface area contributed by atoms with Crippen LogP contribution in [0.4, 0.5) is 5.00 Å². The number of methoxy groups -OCH3 is 1. The number of aromatic nitrogens is 1. The average molecular weight is 328 g/mol. The molecule has 0 spiro atoms. The van der Waals surface area contributed by atoms with Gasteiger partial charge < -0.3 is 14.6 Å². The third-order valence-corrected chi connectivity index (χ3v) is 3.93. The summed E-state index contributed by atoms with van der Waals surface area (Å²) in [5.74, 6) is -0.467. The van der Waals surface area contributed by atoms with Gasteiger partial charge in [-0.2, -0.15) is 0 Å². The molecular formula is C16H12N2O4S. The van der Waals surface area contributed by atoms with Gasteiger partial charge in [-0.25, -0.2) is 4.79 Å². The van der Waals surface area contributed by atoms with Crippen LogP contribution in [0.15, 0.2) is 52.4 Å². The lowest BCUT2D eigenvalue weighted by atomic mass is 10.1. The Kier molecular flexibility index (Phi) is 4.20. The van der Waals surface area contributed by atoms with Crippen molar-refractivity contribution in [3.63, 3.8) is 0 Å². The summed E-state index contributed by atoms with van der Waals surface area (Å²) in [5.41, 5.74) is 1.26. The minimum atomic E-state index is -0.508. The van der Waals surface area contributed by atoms with Crippen molar-refractivity contribution in [1.29, 1.82) is 0 Å². The van der Waals surface area contributed by atoms with Gasteiger partial charge in [-0.05, 0) is 11.4 Å². The largest absolute Gasteiger partial charge is 0.465 e. The van der Waals surface area contributed by atoms with Gasteiger partial charge in [-0.1, -0.05) is 35.5 Å². The first-order valence-electron chi connectivity index (χ1n) is 6.68. The first kappa shape index (κ1) is 15.0. The van der Waals surface area contributed by atoms with Gasteiger partial charge in [0.05, 0.1) is 12.7 Å². The summed E-state index contributed by atoms with van der Waals surface area (Å²) in [6.45, 7) is 0. The number of hydrogen-bond acceptors (Lipinski definition) is 6. The van der Waals surface area contributed by atoms with Gasteiger partial charge in [0.15, 0.2) is 11.5 Å². The number of anilines is 1. The molecule has 0 saturated heterocycles. The molecule has 1 amide bonds. The zero-order valence-electron chi connectivity index (χ0n) is 12.1. The second-order valence-electron chi connectivity index (χ2n) is 4.55. The third-order valence-electron chi connectivity index (χ3n) is 3.10. The summed E-state index contributed by atoms with van der Waals surface area (Å²) in [7, 11) is 1.29. The number of rotatable bonds is 4. The number of nitrogens with one attached hydrogen (secondary N) is 1. The number of nitrogens with zero attached hydrogens (tertiary/aromatic N) is 1. The van der Waals surface area contributed by atoms with Crippen molar-refractivity contribution in [2.24, 2.45) is 0 Å². The van der Waals surface area contributed by atoms with Crippen LogP contribution in [0.3, 0.4) is 0 Å². The Labute approximate surface area is 135 Å². The number of benzene rings is 1. The van der Waals surface area contributed by atoms with Crippen molar-refractivity contribution in [3.8, 4) is 11.3 Å². The minimum Gasteiger partial charge on any atom is -0.465 e. The van der Waals surface area contributed by atoms with E-state index in [0.29, 0.717) is 16.3 Å². The fourth-order valence-corrected chi connectivity index (χ4v) is 2.73. The van der Waals surface area contributed by atoms with E-state index in [-0.39, 0.29) is 5.69 Å². The molecule has 0 fully saturated rings. The Hall–Kier alpha value is -2.93. The van der Waals surface area contributed by atoms with Crippen molar-refractivity contribution >= 4 is 28.2 Å². The molecule has 0 aliphatic rings. The van der Waals surface area contributed by atoms with E-state index in [0.717, 1.165) is 5.56 Å². The third kappa shape index (κ3) is 3.14. The van der Waals surface area contributed by atoms with Crippen LogP contribution in [0.1, 0.15) is 20.8 Å². The van der Waals surface area contributed by atoms with Crippen LogP contribution in [0.5, 0.6) is 0 Å². The molecule has 0 unspecified atom stereocenters. The fourth-order valence-electron chi connectivity index (χ4n) is 1.96. The van der Waals surface area contributed by atoms with Crippen LogP contribution in [0.2, 0.25) is 0 Å². The van der Waals surface area contributed by atoms with E-state index in [1.807, 2.05) is 30.3 Å². The van der Waals surface area contributed by atoms with Crippen molar-refractivity contribution in [1.82, 2.24) is 5.16 Å². The van der Waals surface area contributed by atoms with Gasteiger partial charge in [-0.3, -0.25) is 4.79 Å². The van der Waals surface area contributed by atoms with Crippen LogP contribution in [0.25, 0.3) is 11.3 Å². The molecule has 0 saturated carbocycles. The molecule has 116 valence electrons. The van der Waals surface area contributed by atoms with E-state index in [1.54, 1.807) is 17.5 Å². The number of ether oxygens (including phenoxy) is 1. The number of carbonyl (C=O) groups is 2. The highest BCUT2D eigenvalue weighted by atomic mass is 32.1. The molecule has 23 heavy (non-hydrogen) atoms. The van der Waals surface area contributed by atoms with E-state index in [4.69, 9.17) is 4.52 Å². The van der Waals surface area contributed by atoms with E-state index >= 15 is 0 Å². The highest BCUT2D eigenvalue weighted by Crippen LogP contribution is 2.25. The van der Waals surface area contributed by atoms with Gasteiger partial charge in [0.1, 0.15) is 5.00 Å². The average Bonchev–Trinajstić information content (AvgIpc) is 3.24. The van der Waals surface area contributed by atoms with Crippen molar-refractivity contribution < 1.29 is 18.8 Å². The first-order chi connectivity index (χ1) is 11.2. The molecule has 1 N–H and O–H groups in total. The Morgan fingerprint density at radius 2 is 2.00 bits per heavy atom. The highest BCUT2D eigenvalue weighted by molar-refractivity contribution is 7.14. The van der Waals surface area contributed by atoms with E-state index in [1.165, 1.54) is 18.4 Å². The van der Waals surface area contributed by atoms with Crippen LogP contribution >= 0.6 is 11.3 Å². The zero-order chi connectivity index (χ0) is 16.2. The molecule has 1 aromatic carbocycles. The summed E-state index contributed by atoms with van der Waals surface area (Å²) in [4.78, 5) is 23.8. The lowest BCUT2D eigenvalue weighted by Gasteiger charge is -2.02. The zero-order valence-corrected chi connectivity index (χ0v) is 12.9. The molecule has 7 heteroatoms. The second kappa shape index (κ2) is 6.45. The summed E-state index contributed by atoms with van der Waals surface area (Å²) in [6.07, 6.45) is 0. The second-order valence-corrected chi connectivity index (χ2v) is 5.47. The molecule has 0 bridgehead atoms. The van der Waals surface area contributed by atoms with Gasteiger partial charge in [0, 0.05) is 11.6 Å². The monoisotopic (exact) mass is 328 g/mol. The Bertz CT molecular complexity index is 839. The molecule has 2 aromatic heterocycles. The molecule has 0 aliphatic carbocycles. The summed E-state index contributed by atoms with van der Waals surface area (Å²) in [5, 5.41) is 8.52. The summed E-state index contributed by atoms with van der Waals surface area (Å²) >= 11 is 1.23.